The second-order valence-electron chi connectivity index (χ2n) is 7.22. The molecule has 1 atom stereocenters. The van der Waals surface area contributed by atoms with Gasteiger partial charge in [0.1, 0.15) is 12.4 Å². The molecule has 1 fully saturated rings. The highest BCUT2D eigenvalue weighted by Crippen LogP contribution is 2.11. The van der Waals surface area contributed by atoms with Crippen LogP contribution in [0.4, 0.5) is 0 Å². The van der Waals surface area contributed by atoms with Gasteiger partial charge in [0.25, 0.3) is 5.91 Å². The molecule has 3 heterocycles. The maximum absolute atomic E-state index is 12.4. The van der Waals surface area contributed by atoms with Crippen molar-refractivity contribution in [1.29, 1.82) is 0 Å². The van der Waals surface area contributed by atoms with Crippen LogP contribution in [0.15, 0.2) is 65.6 Å². The lowest BCUT2D eigenvalue weighted by atomic mass is 10.1. The second kappa shape index (κ2) is 9.41. The Kier molecular flexibility index (Phi) is 6.24. The summed E-state index contributed by atoms with van der Waals surface area (Å²) in [5.74, 6) is 0.592. The largest absolute Gasteiger partial charge is 0.454 e. The molecule has 30 heavy (non-hydrogen) atoms. The van der Waals surface area contributed by atoms with Crippen LogP contribution in [0.1, 0.15) is 21.9 Å². The van der Waals surface area contributed by atoms with Gasteiger partial charge in [-0.3, -0.25) is 9.59 Å². The maximum Gasteiger partial charge on any atom is 0.287 e. The Morgan fingerprint density at radius 2 is 2.07 bits per heavy atom. The summed E-state index contributed by atoms with van der Waals surface area (Å²) in [6.07, 6.45) is 5.75. The Balaban J connectivity index is 1.25. The molecule has 1 unspecified atom stereocenters. The van der Waals surface area contributed by atoms with Gasteiger partial charge >= 0.3 is 0 Å². The summed E-state index contributed by atoms with van der Waals surface area (Å²) in [4.78, 5) is 30.3. The van der Waals surface area contributed by atoms with Crippen LogP contribution in [0.3, 0.4) is 0 Å². The van der Waals surface area contributed by atoms with Gasteiger partial charge in [0.15, 0.2) is 5.76 Å². The van der Waals surface area contributed by atoms with E-state index in [9.17, 15) is 9.59 Å². The number of ether oxygens (including phenoxy) is 1. The summed E-state index contributed by atoms with van der Waals surface area (Å²) in [5.41, 5.74) is 1.19. The lowest BCUT2D eigenvalue weighted by Crippen LogP contribution is -2.51. The van der Waals surface area contributed by atoms with Crippen molar-refractivity contribution in [3.05, 3.63) is 78.3 Å². The molecule has 1 aliphatic rings. The quantitative estimate of drug-likeness (QED) is 0.613. The molecule has 2 aromatic heterocycles. The second-order valence-corrected chi connectivity index (χ2v) is 7.22. The van der Waals surface area contributed by atoms with Crippen molar-refractivity contribution in [2.45, 2.75) is 19.1 Å². The van der Waals surface area contributed by atoms with Crippen molar-refractivity contribution in [3.8, 4) is 0 Å². The zero-order valence-electron chi connectivity index (χ0n) is 16.6. The van der Waals surface area contributed by atoms with E-state index in [-0.39, 0.29) is 30.3 Å². The van der Waals surface area contributed by atoms with E-state index in [1.807, 2.05) is 41.1 Å². The Labute approximate surface area is 174 Å². The number of morpholine rings is 1. The molecule has 2 amide bonds. The number of carbonyl (C=O) groups is 2. The number of furan rings is 1. The highest BCUT2D eigenvalue weighted by molar-refractivity contribution is 5.91. The summed E-state index contributed by atoms with van der Waals surface area (Å²) in [5, 5.41) is 2.84. The number of hydrogen-bond donors (Lipinski definition) is 1. The van der Waals surface area contributed by atoms with E-state index < -0.39 is 0 Å². The third kappa shape index (κ3) is 5.15. The van der Waals surface area contributed by atoms with Gasteiger partial charge < -0.3 is 23.9 Å². The summed E-state index contributed by atoms with van der Waals surface area (Å²) in [7, 11) is 0. The Morgan fingerprint density at radius 3 is 2.87 bits per heavy atom. The Bertz CT molecular complexity index is 968. The average molecular weight is 408 g/mol. The van der Waals surface area contributed by atoms with E-state index in [0.717, 1.165) is 6.42 Å². The molecule has 8 nitrogen and oxygen atoms in total. The van der Waals surface area contributed by atoms with Crippen molar-refractivity contribution in [2.24, 2.45) is 0 Å². The Hall–Kier alpha value is -3.39. The number of nitrogens with one attached hydrogen (secondary N) is 1. The molecule has 156 valence electrons. The summed E-state index contributed by atoms with van der Waals surface area (Å²) in [6, 6.07) is 13.5. The minimum absolute atomic E-state index is 0.0244. The predicted octanol–water partition coefficient (Wildman–Crippen LogP) is 1.72. The average Bonchev–Trinajstić information content (AvgIpc) is 3.45. The summed E-state index contributed by atoms with van der Waals surface area (Å²) in [6.45, 7) is 1.94. The molecule has 0 spiro atoms. The van der Waals surface area contributed by atoms with Crippen LogP contribution < -0.4 is 5.32 Å². The van der Waals surface area contributed by atoms with Gasteiger partial charge in [-0.05, 0) is 24.1 Å². The molecule has 0 saturated carbocycles. The molecular formula is C22H24N4O4. The number of nitrogens with zero attached hydrogens (tertiary/aromatic N) is 3. The fourth-order valence-electron chi connectivity index (χ4n) is 3.37. The van der Waals surface area contributed by atoms with E-state index in [1.54, 1.807) is 29.6 Å². The zero-order chi connectivity index (χ0) is 20.8. The van der Waals surface area contributed by atoms with Crippen LogP contribution in [0.2, 0.25) is 0 Å². The van der Waals surface area contributed by atoms with Gasteiger partial charge in [-0.2, -0.15) is 0 Å². The third-order valence-corrected chi connectivity index (χ3v) is 5.01. The smallest absolute Gasteiger partial charge is 0.287 e. The minimum Gasteiger partial charge on any atom is -0.454 e. The molecule has 3 aromatic rings. The standard InChI is InChI=1S/C22H24N4O4/c27-21-15-29-19(14-26(21)10-8-17-4-2-1-3-5-17)12-24-22(28)20-7-6-18(30-20)13-25-11-9-23-16-25/h1-7,9,11,16,19H,8,10,12-15H2,(H,24,28). The van der Waals surface area contributed by atoms with Gasteiger partial charge in [-0.25, -0.2) is 4.98 Å². The monoisotopic (exact) mass is 408 g/mol. The van der Waals surface area contributed by atoms with Gasteiger partial charge in [-0.15, -0.1) is 0 Å². The van der Waals surface area contributed by atoms with Gasteiger partial charge in [-0.1, -0.05) is 30.3 Å². The highest BCUT2D eigenvalue weighted by Gasteiger charge is 2.26. The number of carbonyl (C=O) groups excluding carboxylic acids is 2. The van der Waals surface area contributed by atoms with Crippen molar-refractivity contribution in [1.82, 2.24) is 19.8 Å². The minimum atomic E-state index is -0.303. The van der Waals surface area contributed by atoms with Crippen LogP contribution in [-0.2, 0) is 22.5 Å². The number of imidazole rings is 1. The van der Waals surface area contributed by atoms with E-state index in [0.29, 0.717) is 31.9 Å². The van der Waals surface area contributed by atoms with E-state index in [1.165, 1.54) is 5.56 Å². The first-order valence-electron chi connectivity index (χ1n) is 9.93. The lowest BCUT2D eigenvalue weighted by Gasteiger charge is -2.32. The predicted molar refractivity (Wildman–Crippen MR) is 109 cm³/mol. The van der Waals surface area contributed by atoms with Gasteiger partial charge in [0.2, 0.25) is 5.91 Å². The molecule has 8 heteroatoms. The number of benzene rings is 1. The fraction of sp³-hybridized carbons (Fsp3) is 0.318. The zero-order valence-corrected chi connectivity index (χ0v) is 16.6. The Morgan fingerprint density at radius 1 is 1.20 bits per heavy atom. The topological polar surface area (TPSA) is 89.6 Å². The first-order valence-corrected chi connectivity index (χ1v) is 9.93. The van der Waals surface area contributed by atoms with Crippen LogP contribution in [0.5, 0.6) is 0 Å². The summed E-state index contributed by atoms with van der Waals surface area (Å²) < 4.78 is 13.1. The molecule has 4 rings (SSSR count). The summed E-state index contributed by atoms with van der Waals surface area (Å²) >= 11 is 0. The normalized spacial score (nSPS) is 16.6. The molecule has 1 aromatic carbocycles. The molecule has 1 saturated heterocycles. The van der Waals surface area contributed by atoms with Crippen LogP contribution >= 0.6 is 0 Å². The molecule has 1 N–H and O–H groups in total. The van der Waals surface area contributed by atoms with Gasteiger partial charge in [0.05, 0.1) is 19.0 Å². The van der Waals surface area contributed by atoms with E-state index in [2.05, 4.69) is 10.3 Å². The van der Waals surface area contributed by atoms with Crippen molar-refractivity contribution in [2.75, 3.05) is 26.2 Å². The lowest BCUT2D eigenvalue weighted by molar-refractivity contribution is -0.148. The van der Waals surface area contributed by atoms with Gasteiger partial charge in [0, 0.05) is 32.0 Å². The number of rotatable bonds is 8. The number of amides is 2. The van der Waals surface area contributed by atoms with Crippen LogP contribution in [0.25, 0.3) is 0 Å². The van der Waals surface area contributed by atoms with Crippen LogP contribution in [-0.4, -0.2) is 58.6 Å². The highest BCUT2D eigenvalue weighted by atomic mass is 16.5. The third-order valence-electron chi connectivity index (χ3n) is 5.01. The van der Waals surface area contributed by atoms with Crippen LogP contribution in [0, 0.1) is 0 Å². The van der Waals surface area contributed by atoms with E-state index >= 15 is 0 Å². The fourth-order valence-corrected chi connectivity index (χ4v) is 3.37. The molecular weight excluding hydrogens is 384 g/mol. The first kappa shape index (κ1) is 19.9. The molecule has 0 radical (unpaired) electrons. The first-order chi connectivity index (χ1) is 14.7. The number of aromatic nitrogens is 2. The molecule has 0 bridgehead atoms. The van der Waals surface area contributed by atoms with Crippen molar-refractivity contribution in [3.63, 3.8) is 0 Å². The molecule has 1 aliphatic heterocycles. The maximum atomic E-state index is 12.4. The molecule has 0 aliphatic carbocycles. The SMILES string of the molecule is O=C(NCC1CN(CCc2ccccc2)C(=O)CO1)c1ccc(Cn2ccnc2)o1. The number of hydrogen-bond acceptors (Lipinski definition) is 5. The van der Waals surface area contributed by atoms with Crippen molar-refractivity contribution < 1.29 is 18.7 Å². The van der Waals surface area contributed by atoms with Crippen molar-refractivity contribution >= 4 is 11.8 Å². The van der Waals surface area contributed by atoms with E-state index in [4.69, 9.17) is 9.15 Å².